The number of rotatable bonds is 7. The monoisotopic (exact) mass is 464 g/mol. The van der Waals surface area contributed by atoms with E-state index in [4.69, 9.17) is 16.3 Å². The lowest BCUT2D eigenvalue weighted by atomic mass is 9.91. The highest BCUT2D eigenvalue weighted by Crippen LogP contribution is 2.46. The van der Waals surface area contributed by atoms with Crippen LogP contribution in [0.2, 0.25) is 5.15 Å². The average Bonchev–Trinajstić information content (AvgIpc) is 3.38. The van der Waals surface area contributed by atoms with E-state index in [1.165, 1.54) is 13.0 Å². The first-order valence-electron chi connectivity index (χ1n) is 9.16. The highest BCUT2D eigenvalue weighted by molar-refractivity contribution is 6.29. The number of pyridine rings is 1. The number of nitrogens with one attached hydrogen (secondary N) is 1. The summed E-state index contributed by atoms with van der Waals surface area (Å²) in [6, 6.07) is 4.99. The number of aliphatic hydroxyl groups is 1. The number of hydrogen-bond donors (Lipinski definition) is 2. The van der Waals surface area contributed by atoms with Crippen molar-refractivity contribution in [3.63, 3.8) is 0 Å². The van der Waals surface area contributed by atoms with Gasteiger partial charge in [0.05, 0.1) is 23.3 Å². The number of amides is 1. The van der Waals surface area contributed by atoms with Gasteiger partial charge in [-0.05, 0) is 25.8 Å². The maximum atomic E-state index is 14.0. The van der Waals surface area contributed by atoms with Gasteiger partial charge in [0.2, 0.25) is 5.91 Å². The van der Waals surface area contributed by atoms with Crippen molar-refractivity contribution >= 4 is 17.5 Å². The van der Waals surface area contributed by atoms with E-state index in [0.717, 1.165) is 18.2 Å². The second kappa shape index (κ2) is 8.23. The van der Waals surface area contributed by atoms with E-state index in [0.29, 0.717) is 18.9 Å². The predicted octanol–water partition coefficient (Wildman–Crippen LogP) is 4.36. The van der Waals surface area contributed by atoms with Gasteiger partial charge in [0.15, 0.2) is 6.61 Å². The van der Waals surface area contributed by atoms with Crippen LogP contribution < -0.4 is 10.1 Å². The highest BCUT2D eigenvalue weighted by atomic mass is 35.5. The normalized spacial score (nSPS) is 17.0. The molecule has 31 heavy (non-hydrogen) atoms. The fraction of sp³-hybridized carbons (Fsp3) is 0.400. The van der Waals surface area contributed by atoms with Crippen LogP contribution in [-0.2, 0) is 15.9 Å². The Hall–Kier alpha value is -2.46. The molecule has 0 spiro atoms. The number of nitrogens with zero attached hydrogens (tertiary/aromatic N) is 1. The number of halogens is 6. The first-order chi connectivity index (χ1) is 14.3. The third-order valence-corrected chi connectivity index (χ3v) is 5.00. The minimum absolute atomic E-state index is 0.115. The Balaban J connectivity index is 1.73. The van der Waals surface area contributed by atoms with Crippen molar-refractivity contribution < 1.29 is 36.6 Å². The van der Waals surface area contributed by atoms with Crippen molar-refractivity contribution in [3.05, 3.63) is 58.4 Å². The minimum atomic E-state index is -4.54. The molecule has 1 amide bonds. The van der Waals surface area contributed by atoms with Crippen LogP contribution in [-0.4, -0.2) is 28.8 Å². The Bertz CT molecular complexity index is 993. The summed E-state index contributed by atoms with van der Waals surface area (Å²) in [7, 11) is 0. The quantitative estimate of drug-likeness (QED) is 0.472. The Morgan fingerprint density at radius 1 is 1.26 bits per heavy atom. The summed E-state index contributed by atoms with van der Waals surface area (Å²) >= 11 is 5.89. The first kappa shape index (κ1) is 23.2. The molecule has 1 aliphatic carbocycles. The maximum absolute atomic E-state index is 14.0. The number of carbonyl (C=O) groups excluding carboxylic acids is 1. The van der Waals surface area contributed by atoms with Crippen LogP contribution in [0.3, 0.4) is 0 Å². The molecule has 0 radical (unpaired) electrons. The predicted molar refractivity (Wildman–Crippen MR) is 100 cm³/mol. The van der Waals surface area contributed by atoms with Gasteiger partial charge in [-0.15, -0.1) is 0 Å². The maximum Gasteiger partial charge on any atom is 0.422 e. The van der Waals surface area contributed by atoms with Crippen molar-refractivity contribution in [1.29, 1.82) is 0 Å². The molecular weight excluding hydrogens is 447 g/mol. The summed E-state index contributed by atoms with van der Waals surface area (Å²) in [6.45, 7) is -0.304. The molecule has 0 saturated heterocycles. The molecule has 3 rings (SSSR count). The number of aromatic nitrogens is 1. The van der Waals surface area contributed by atoms with E-state index in [9.17, 15) is 31.9 Å². The second-order valence-corrected chi connectivity index (χ2v) is 8.01. The Kier molecular flexibility index (Phi) is 6.16. The third kappa shape index (κ3) is 5.82. The van der Waals surface area contributed by atoms with Crippen molar-refractivity contribution in [2.45, 2.75) is 43.5 Å². The molecule has 1 atom stereocenters. The van der Waals surface area contributed by atoms with E-state index in [-0.39, 0.29) is 22.2 Å². The van der Waals surface area contributed by atoms with Crippen molar-refractivity contribution in [2.24, 2.45) is 0 Å². The van der Waals surface area contributed by atoms with Crippen LogP contribution in [0.5, 0.6) is 5.75 Å². The molecular formula is C20H18ClF5N2O3. The standard InChI is InChI=1S/C20H18ClF5N2O3/c1-18(30,13-3-2-11(22)6-14(13)23)9-17(29)28-19(4-5-19)15-7-12(8-16(21)27-15)31-10-20(24,25)26/h2-3,6-8,30H,4-5,9-10H2,1H3,(H,28,29)/t18-/m1/s1. The van der Waals surface area contributed by atoms with E-state index in [1.807, 2.05) is 0 Å². The molecule has 1 aliphatic rings. The summed E-state index contributed by atoms with van der Waals surface area (Å²) < 4.78 is 69.0. The Morgan fingerprint density at radius 3 is 2.52 bits per heavy atom. The molecule has 168 valence electrons. The van der Waals surface area contributed by atoms with Crippen molar-refractivity contribution in [2.75, 3.05) is 6.61 Å². The molecule has 1 heterocycles. The fourth-order valence-electron chi connectivity index (χ4n) is 3.18. The molecule has 5 nitrogen and oxygen atoms in total. The Labute approximate surface area is 179 Å². The van der Waals surface area contributed by atoms with Gasteiger partial charge < -0.3 is 15.2 Å². The van der Waals surface area contributed by atoms with E-state index in [2.05, 4.69) is 10.3 Å². The van der Waals surface area contributed by atoms with Crippen LogP contribution in [0, 0.1) is 11.6 Å². The minimum Gasteiger partial charge on any atom is -0.484 e. The van der Waals surface area contributed by atoms with Gasteiger partial charge in [-0.25, -0.2) is 13.8 Å². The molecule has 0 aliphatic heterocycles. The molecule has 1 aromatic heterocycles. The molecule has 11 heteroatoms. The lowest BCUT2D eigenvalue weighted by Crippen LogP contribution is -2.39. The van der Waals surface area contributed by atoms with Gasteiger partial charge in [-0.1, -0.05) is 17.7 Å². The number of carbonyl (C=O) groups is 1. The Morgan fingerprint density at radius 2 is 1.94 bits per heavy atom. The summed E-state index contributed by atoms with van der Waals surface area (Å²) in [6.07, 6.45) is -4.23. The lowest BCUT2D eigenvalue weighted by molar-refractivity contribution is -0.153. The highest BCUT2D eigenvalue weighted by Gasteiger charge is 2.48. The third-order valence-electron chi connectivity index (χ3n) is 4.81. The van der Waals surface area contributed by atoms with E-state index < -0.39 is 47.9 Å². The van der Waals surface area contributed by atoms with Crippen LogP contribution in [0.15, 0.2) is 30.3 Å². The van der Waals surface area contributed by atoms with Crippen LogP contribution >= 0.6 is 11.6 Å². The molecule has 0 unspecified atom stereocenters. The average molecular weight is 465 g/mol. The number of hydrogen-bond acceptors (Lipinski definition) is 4. The molecule has 1 aromatic carbocycles. The van der Waals surface area contributed by atoms with E-state index >= 15 is 0 Å². The topological polar surface area (TPSA) is 71.5 Å². The molecule has 1 fully saturated rings. The fourth-order valence-corrected chi connectivity index (χ4v) is 3.38. The first-order valence-corrected chi connectivity index (χ1v) is 9.54. The molecule has 0 bridgehead atoms. The van der Waals surface area contributed by atoms with Gasteiger partial charge in [0.1, 0.15) is 22.5 Å². The summed E-state index contributed by atoms with van der Waals surface area (Å²) in [5, 5.41) is 13.1. The number of alkyl halides is 3. The van der Waals surface area contributed by atoms with Gasteiger partial charge >= 0.3 is 6.18 Å². The summed E-state index contributed by atoms with van der Waals surface area (Å²) in [5.74, 6) is -2.64. The van der Waals surface area contributed by atoms with Gasteiger partial charge in [0.25, 0.3) is 0 Å². The van der Waals surface area contributed by atoms with E-state index in [1.54, 1.807) is 0 Å². The second-order valence-electron chi connectivity index (χ2n) is 7.62. The van der Waals surface area contributed by atoms with Crippen molar-refractivity contribution in [3.8, 4) is 5.75 Å². The van der Waals surface area contributed by atoms with Gasteiger partial charge in [-0.3, -0.25) is 4.79 Å². The SMILES string of the molecule is C[C@@](O)(CC(=O)NC1(c2cc(OCC(F)(F)F)cc(Cl)n2)CC1)c1ccc(F)cc1F. The van der Waals surface area contributed by atoms with Crippen LogP contribution in [0.4, 0.5) is 22.0 Å². The molecule has 1 saturated carbocycles. The van der Waals surface area contributed by atoms with Crippen LogP contribution in [0.1, 0.15) is 37.4 Å². The largest absolute Gasteiger partial charge is 0.484 e. The van der Waals surface area contributed by atoms with Crippen molar-refractivity contribution in [1.82, 2.24) is 10.3 Å². The molecule has 2 aromatic rings. The molecule has 2 N–H and O–H groups in total. The smallest absolute Gasteiger partial charge is 0.422 e. The lowest BCUT2D eigenvalue weighted by Gasteiger charge is -2.26. The van der Waals surface area contributed by atoms with Gasteiger partial charge in [-0.2, -0.15) is 13.2 Å². The zero-order valence-electron chi connectivity index (χ0n) is 16.2. The zero-order chi connectivity index (χ0) is 23.0. The van der Waals surface area contributed by atoms with Gasteiger partial charge in [0, 0.05) is 23.8 Å². The number of ether oxygens (including phenoxy) is 1. The summed E-state index contributed by atoms with van der Waals surface area (Å²) in [5.41, 5.74) is -2.97. The summed E-state index contributed by atoms with van der Waals surface area (Å²) in [4.78, 5) is 16.6. The zero-order valence-corrected chi connectivity index (χ0v) is 16.9. The van der Waals surface area contributed by atoms with Crippen LogP contribution in [0.25, 0.3) is 0 Å². The number of benzene rings is 1.